The first kappa shape index (κ1) is 16.5. The largest absolute Gasteiger partial charge is 0.338 e. The van der Waals surface area contributed by atoms with E-state index in [9.17, 15) is 9.59 Å². The minimum atomic E-state index is -0.175. The number of aromatic nitrogens is 2. The zero-order chi connectivity index (χ0) is 18.1. The van der Waals surface area contributed by atoms with Gasteiger partial charge >= 0.3 is 0 Å². The van der Waals surface area contributed by atoms with Crippen molar-refractivity contribution in [2.75, 3.05) is 5.32 Å². The second kappa shape index (κ2) is 6.72. The van der Waals surface area contributed by atoms with Gasteiger partial charge < -0.3 is 9.88 Å². The summed E-state index contributed by atoms with van der Waals surface area (Å²) in [6, 6.07) is 16.2. The molecular formula is C20H14BrN3O2. The summed E-state index contributed by atoms with van der Waals surface area (Å²) in [4.78, 5) is 28.9. The molecule has 0 unspecified atom stereocenters. The molecule has 0 atom stereocenters. The number of para-hydroxylation sites is 1. The third kappa shape index (κ3) is 3.11. The van der Waals surface area contributed by atoms with E-state index >= 15 is 0 Å². The van der Waals surface area contributed by atoms with Crippen molar-refractivity contribution in [3.8, 4) is 0 Å². The minimum absolute atomic E-state index is 0.0535. The van der Waals surface area contributed by atoms with Crippen LogP contribution in [0.4, 0.5) is 5.69 Å². The highest BCUT2D eigenvalue weighted by molar-refractivity contribution is 9.10. The Morgan fingerprint density at radius 1 is 1.08 bits per heavy atom. The van der Waals surface area contributed by atoms with Crippen molar-refractivity contribution in [3.63, 3.8) is 0 Å². The lowest BCUT2D eigenvalue weighted by Crippen LogP contribution is -2.20. The van der Waals surface area contributed by atoms with Gasteiger partial charge in [-0.3, -0.25) is 14.6 Å². The molecule has 0 saturated heterocycles. The number of nitrogens with zero attached hydrogens (tertiary/aromatic N) is 2. The van der Waals surface area contributed by atoms with Gasteiger partial charge in [-0.25, -0.2) is 0 Å². The first-order chi connectivity index (χ1) is 12.6. The van der Waals surface area contributed by atoms with Crippen LogP contribution in [0.2, 0.25) is 0 Å². The van der Waals surface area contributed by atoms with Crippen molar-refractivity contribution < 1.29 is 4.79 Å². The molecule has 128 valence electrons. The van der Waals surface area contributed by atoms with Gasteiger partial charge in [0.2, 0.25) is 5.91 Å². The monoisotopic (exact) mass is 407 g/mol. The second-order valence-corrected chi connectivity index (χ2v) is 6.81. The van der Waals surface area contributed by atoms with Crippen molar-refractivity contribution >= 4 is 49.3 Å². The summed E-state index contributed by atoms with van der Waals surface area (Å²) in [5.74, 6) is -0.175. The fourth-order valence-corrected chi connectivity index (χ4v) is 3.33. The number of pyridine rings is 2. The van der Waals surface area contributed by atoms with Gasteiger partial charge in [-0.1, -0.05) is 28.1 Å². The number of carbonyl (C=O) groups is 1. The van der Waals surface area contributed by atoms with Gasteiger partial charge in [0.25, 0.3) is 0 Å². The maximum Gasteiger partial charge on any atom is 0.244 e. The molecular weight excluding hydrogens is 394 g/mol. The molecule has 1 amide bonds. The number of anilines is 1. The van der Waals surface area contributed by atoms with E-state index < -0.39 is 0 Å². The highest BCUT2D eigenvalue weighted by Gasteiger charge is 2.09. The molecule has 0 bridgehead atoms. The van der Waals surface area contributed by atoms with Crippen LogP contribution in [0.5, 0.6) is 0 Å². The van der Waals surface area contributed by atoms with Crippen molar-refractivity contribution in [2.24, 2.45) is 0 Å². The van der Waals surface area contributed by atoms with E-state index in [1.165, 1.54) is 6.07 Å². The molecule has 0 radical (unpaired) electrons. The molecule has 0 saturated carbocycles. The van der Waals surface area contributed by atoms with Crippen molar-refractivity contribution in [1.29, 1.82) is 0 Å². The number of benzene rings is 2. The Hall–Kier alpha value is -2.99. The van der Waals surface area contributed by atoms with E-state index in [0.717, 1.165) is 20.9 Å². The van der Waals surface area contributed by atoms with E-state index in [1.807, 2.05) is 36.4 Å². The lowest BCUT2D eigenvalue weighted by Gasteiger charge is -2.12. The number of halogens is 1. The lowest BCUT2D eigenvalue weighted by atomic mass is 10.2. The maximum atomic E-state index is 12.6. The number of hydrogen-bond donors (Lipinski definition) is 1. The third-order valence-corrected chi connectivity index (χ3v) is 4.67. The Morgan fingerprint density at radius 3 is 2.81 bits per heavy atom. The topological polar surface area (TPSA) is 64.0 Å². The molecule has 4 aromatic rings. The van der Waals surface area contributed by atoms with E-state index in [2.05, 4.69) is 26.2 Å². The molecule has 0 fully saturated rings. The number of hydrogen-bond acceptors (Lipinski definition) is 3. The van der Waals surface area contributed by atoms with Crippen molar-refractivity contribution in [1.82, 2.24) is 9.55 Å². The molecule has 4 rings (SSSR count). The molecule has 5 nitrogen and oxygen atoms in total. The van der Waals surface area contributed by atoms with Gasteiger partial charge in [-0.05, 0) is 36.4 Å². The van der Waals surface area contributed by atoms with Crippen LogP contribution in [0, 0.1) is 0 Å². The third-order valence-electron chi connectivity index (χ3n) is 4.18. The van der Waals surface area contributed by atoms with Crippen LogP contribution in [-0.4, -0.2) is 15.5 Å². The maximum absolute atomic E-state index is 12.6. The van der Waals surface area contributed by atoms with Crippen LogP contribution in [0.1, 0.15) is 0 Å². The summed E-state index contributed by atoms with van der Waals surface area (Å²) < 4.78 is 2.69. The number of nitrogens with one attached hydrogen (secondary N) is 1. The molecule has 1 N–H and O–H groups in total. The normalized spacial score (nSPS) is 11.0. The average Bonchev–Trinajstić information content (AvgIpc) is 2.65. The predicted molar refractivity (Wildman–Crippen MR) is 106 cm³/mol. The lowest BCUT2D eigenvalue weighted by molar-refractivity contribution is -0.116. The molecule has 2 aromatic heterocycles. The summed E-state index contributed by atoms with van der Waals surface area (Å²) >= 11 is 3.45. The van der Waals surface area contributed by atoms with Gasteiger partial charge in [-0.15, -0.1) is 0 Å². The summed E-state index contributed by atoms with van der Waals surface area (Å²) in [6.45, 7) is 0.110. The minimum Gasteiger partial charge on any atom is -0.338 e. The van der Waals surface area contributed by atoms with Crippen LogP contribution >= 0.6 is 15.9 Å². The summed E-state index contributed by atoms with van der Waals surface area (Å²) in [6.07, 6.45) is 3.31. The summed E-state index contributed by atoms with van der Waals surface area (Å²) in [5.41, 5.74) is 2.19. The SMILES string of the molecule is O=C(Cn1ccc(=O)c2ccccc21)Nc1ccnc2ccc(Br)cc12. The fraction of sp³-hybridized carbons (Fsp3) is 0.0500. The van der Waals surface area contributed by atoms with Crippen molar-refractivity contribution in [3.05, 3.63) is 81.7 Å². The highest BCUT2D eigenvalue weighted by atomic mass is 79.9. The zero-order valence-corrected chi connectivity index (χ0v) is 15.2. The van der Waals surface area contributed by atoms with E-state index in [4.69, 9.17) is 0 Å². The molecule has 6 heteroatoms. The Bertz CT molecular complexity index is 1200. The van der Waals surface area contributed by atoms with E-state index in [-0.39, 0.29) is 17.9 Å². The van der Waals surface area contributed by atoms with Gasteiger partial charge in [0.1, 0.15) is 6.54 Å². The molecule has 26 heavy (non-hydrogen) atoms. The Kier molecular flexibility index (Phi) is 4.26. The Labute approximate surface area is 157 Å². The van der Waals surface area contributed by atoms with Crippen LogP contribution in [0.25, 0.3) is 21.8 Å². The van der Waals surface area contributed by atoms with E-state index in [1.54, 1.807) is 29.1 Å². The molecule has 0 spiro atoms. The second-order valence-electron chi connectivity index (χ2n) is 5.89. The standard InChI is InChI=1S/C20H14BrN3O2/c21-13-5-6-16-15(11-13)17(7-9-22-16)23-20(26)12-24-10-8-19(25)14-3-1-2-4-18(14)24/h1-11H,12H2,(H,22,23,26). The summed E-state index contributed by atoms with van der Waals surface area (Å²) in [5, 5.41) is 4.40. The van der Waals surface area contributed by atoms with Crippen LogP contribution in [-0.2, 0) is 11.3 Å². The van der Waals surface area contributed by atoms with Gasteiger partial charge in [-0.2, -0.15) is 0 Å². The van der Waals surface area contributed by atoms with E-state index in [0.29, 0.717) is 11.1 Å². The van der Waals surface area contributed by atoms with Gasteiger partial charge in [0.15, 0.2) is 5.43 Å². The molecule has 0 aliphatic heterocycles. The summed E-state index contributed by atoms with van der Waals surface area (Å²) in [7, 11) is 0. The average molecular weight is 408 g/mol. The zero-order valence-electron chi connectivity index (χ0n) is 13.6. The highest BCUT2D eigenvalue weighted by Crippen LogP contribution is 2.25. The Morgan fingerprint density at radius 2 is 1.92 bits per heavy atom. The number of fused-ring (bicyclic) bond motifs is 2. The Balaban J connectivity index is 1.66. The number of carbonyl (C=O) groups excluding carboxylic acids is 1. The van der Waals surface area contributed by atoms with Gasteiger partial charge in [0, 0.05) is 33.7 Å². The first-order valence-corrected chi connectivity index (χ1v) is 8.83. The molecule has 0 aliphatic rings. The molecule has 2 heterocycles. The van der Waals surface area contributed by atoms with Crippen molar-refractivity contribution in [2.45, 2.75) is 6.54 Å². The van der Waals surface area contributed by atoms with Crippen LogP contribution < -0.4 is 10.7 Å². The predicted octanol–water partition coefficient (Wildman–Crippen LogP) is 3.95. The van der Waals surface area contributed by atoms with Crippen LogP contribution in [0.3, 0.4) is 0 Å². The smallest absolute Gasteiger partial charge is 0.244 e. The number of amides is 1. The quantitative estimate of drug-likeness (QED) is 0.559. The van der Waals surface area contributed by atoms with Crippen LogP contribution in [0.15, 0.2) is 76.3 Å². The fourth-order valence-electron chi connectivity index (χ4n) is 2.97. The van der Waals surface area contributed by atoms with Gasteiger partial charge in [0.05, 0.1) is 16.7 Å². The molecule has 2 aromatic carbocycles. The number of rotatable bonds is 3. The molecule has 0 aliphatic carbocycles. The first-order valence-electron chi connectivity index (χ1n) is 8.04.